The highest BCUT2D eigenvalue weighted by molar-refractivity contribution is 7.26. The predicted molar refractivity (Wildman–Crippen MR) is 291 cm³/mol. The lowest BCUT2D eigenvalue weighted by atomic mass is 9.85. The average molecular weight is 885 g/mol. The van der Waals surface area contributed by atoms with Gasteiger partial charge in [0.25, 0.3) is 0 Å². The smallest absolute Gasteiger partial charge is 0.143 e. The van der Waals surface area contributed by atoms with Crippen molar-refractivity contribution in [2.75, 3.05) is 0 Å². The van der Waals surface area contributed by atoms with Crippen LogP contribution in [0.2, 0.25) is 0 Å². The Morgan fingerprint density at radius 2 is 0.612 bits per heavy atom. The molecule has 0 amide bonds. The molecule has 3 aromatic heterocycles. The molecule has 310 valence electrons. The molecule has 12 aromatic carbocycles. The van der Waals surface area contributed by atoms with E-state index in [2.05, 4.69) is 218 Å². The Kier molecular flexibility index (Phi) is 7.88. The fourth-order valence-corrected chi connectivity index (χ4v) is 13.9. The van der Waals surface area contributed by atoms with Gasteiger partial charge in [0.2, 0.25) is 0 Å². The maximum absolute atomic E-state index is 7.05. The van der Waals surface area contributed by atoms with Crippen molar-refractivity contribution < 1.29 is 4.42 Å². The third-order valence-electron chi connectivity index (χ3n) is 14.3. The lowest BCUT2D eigenvalue weighted by Crippen LogP contribution is -1.91. The topological polar surface area (TPSA) is 13.1 Å². The molecule has 0 saturated heterocycles. The normalized spacial score (nSPS) is 12.2. The first-order valence-corrected chi connectivity index (χ1v) is 24.5. The fourth-order valence-electron chi connectivity index (χ4n) is 11.5. The van der Waals surface area contributed by atoms with Gasteiger partial charge in [-0.1, -0.05) is 194 Å². The summed E-state index contributed by atoms with van der Waals surface area (Å²) >= 11 is 3.79. The summed E-state index contributed by atoms with van der Waals surface area (Å²) in [5, 5.41) is 17.4. The van der Waals surface area contributed by atoms with Gasteiger partial charge in [0.05, 0.1) is 0 Å². The summed E-state index contributed by atoms with van der Waals surface area (Å²) in [7, 11) is 0. The molecule has 0 atom stereocenters. The van der Waals surface area contributed by atoms with Gasteiger partial charge in [0.1, 0.15) is 11.2 Å². The number of para-hydroxylation sites is 1. The minimum absolute atomic E-state index is 0.884. The summed E-state index contributed by atoms with van der Waals surface area (Å²) in [6, 6.07) is 80.7. The van der Waals surface area contributed by atoms with Gasteiger partial charge in [0, 0.05) is 73.4 Å². The Morgan fingerprint density at radius 1 is 0.254 bits per heavy atom. The van der Waals surface area contributed by atoms with Gasteiger partial charge < -0.3 is 4.42 Å². The lowest BCUT2D eigenvalue weighted by Gasteiger charge is -2.18. The zero-order chi connectivity index (χ0) is 43.7. The second-order valence-corrected chi connectivity index (χ2v) is 19.8. The first-order valence-electron chi connectivity index (χ1n) is 22.9. The lowest BCUT2D eigenvalue weighted by molar-refractivity contribution is 0.670. The monoisotopic (exact) mass is 884 g/mol. The van der Waals surface area contributed by atoms with Crippen molar-refractivity contribution in [1.82, 2.24) is 0 Å². The van der Waals surface area contributed by atoms with Crippen LogP contribution in [0.15, 0.2) is 223 Å². The Morgan fingerprint density at radius 3 is 1.07 bits per heavy atom. The molecule has 0 aliphatic rings. The van der Waals surface area contributed by atoms with Crippen LogP contribution in [0.25, 0.3) is 150 Å². The van der Waals surface area contributed by atoms with Crippen LogP contribution in [0, 0.1) is 0 Å². The molecule has 0 N–H and O–H groups in total. The third kappa shape index (κ3) is 5.30. The molecule has 67 heavy (non-hydrogen) atoms. The van der Waals surface area contributed by atoms with Gasteiger partial charge >= 0.3 is 0 Å². The number of hydrogen-bond donors (Lipinski definition) is 0. The fraction of sp³-hybridized carbons (Fsp3) is 0. The Bertz CT molecular complexity index is 4470. The summed E-state index contributed by atoms with van der Waals surface area (Å²) in [6.07, 6.45) is 0. The summed E-state index contributed by atoms with van der Waals surface area (Å²) < 4.78 is 12.3. The summed E-state index contributed by atoms with van der Waals surface area (Å²) in [5.41, 5.74) is 11.6. The minimum Gasteiger partial charge on any atom is -0.455 e. The molecule has 3 heteroatoms. The van der Waals surface area contributed by atoms with E-state index in [1.54, 1.807) is 0 Å². The van der Waals surface area contributed by atoms with E-state index in [1.165, 1.54) is 122 Å². The molecule has 15 rings (SSSR count). The van der Waals surface area contributed by atoms with E-state index < -0.39 is 0 Å². The van der Waals surface area contributed by atoms with E-state index >= 15 is 0 Å². The molecular formula is C64H36OS2. The van der Waals surface area contributed by atoms with Crippen molar-refractivity contribution in [3.8, 4) is 44.5 Å². The van der Waals surface area contributed by atoms with Gasteiger partial charge in [-0.3, -0.25) is 0 Å². The number of thiophene rings is 2. The zero-order valence-electron chi connectivity index (χ0n) is 36.0. The summed E-state index contributed by atoms with van der Waals surface area (Å²) in [5.74, 6) is 0. The van der Waals surface area contributed by atoms with E-state index in [0.29, 0.717) is 0 Å². The molecule has 15 aromatic rings. The molecule has 0 aliphatic heterocycles. The van der Waals surface area contributed by atoms with Crippen LogP contribution >= 0.6 is 22.7 Å². The van der Waals surface area contributed by atoms with Crippen LogP contribution in [0.3, 0.4) is 0 Å². The van der Waals surface area contributed by atoms with Crippen molar-refractivity contribution in [3.63, 3.8) is 0 Å². The van der Waals surface area contributed by atoms with Gasteiger partial charge in [-0.15, -0.1) is 22.7 Å². The van der Waals surface area contributed by atoms with E-state index in [9.17, 15) is 0 Å². The quantitative estimate of drug-likeness (QED) is 0.161. The Labute approximate surface area is 393 Å². The van der Waals surface area contributed by atoms with Gasteiger partial charge in [0.15, 0.2) is 0 Å². The first kappa shape index (κ1) is 37.2. The molecule has 0 unspecified atom stereocenters. The third-order valence-corrected chi connectivity index (χ3v) is 16.7. The molecule has 1 nitrogen and oxygen atoms in total. The minimum atomic E-state index is 0.884. The molecule has 0 radical (unpaired) electrons. The molecule has 3 heterocycles. The SMILES string of the molecule is c1ccc2c(c1)sc1c(-c3c4ccccc4c(-c4ccc5oc6c(-c7c8ccccc8c(-c8cccc9c8sc8ccccc89)c8ccccc78)cccc6c5c4)c4ccccc34)cccc12. The van der Waals surface area contributed by atoms with Crippen LogP contribution in [-0.4, -0.2) is 0 Å². The molecule has 0 saturated carbocycles. The van der Waals surface area contributed by atoms with E-state index in [4.69, 9.17) is 4.42 Å². The highest BCUT2D eigenvalue weighted by Crippen LogP contribution is 2.51. The van der Waals surface area contributed by atoms with Crippen molar-refractivity contribution >= 4 is 128 Å². The summed E-state index contributed by atoms with van der Waals surface area (Å²) in [4.78, 5) is 0. The van der Waals surface area contributed by atoms with Crippen LogP contribution in [0.1, 0.15) is 0 Å². The predicted octanol–water partition coefficient (Wildman–Crippen LogP) is 19.6. The first-order chi connectivity index (χ1) is 33.3. The largest absolute Gasteiger partial charge is 0.455 e. The van der Waals surface area contributed by atoms with Crippen LogP contribution in [0.4, 0.5) is 0 Å². The maximum Gasteiger partial charge on any atom is 0.143 e. The number of fused-ring (bicyclic) bond motifs is 13. The average Bonchev–Trinajstić information content (AvgIpc) is 4.09. The second kappa shape index (κ2) is 14.2. The van der Waals surface area contributed by atoms with Crippen LogP contribution < -0.4 is 0 Å². The summed E-state index contributed by atoms with van der Waals surface area (Å²) in [6.45, 7) is 0. The molecule has 0 aliphatic carbocycles. The van der Waals surface area contributed by atoms with Gasteiger partial charge in [-0.25, -0.2) is 0 Å². The van der Waals surface area contributed by atoms with Crippen molar-refractivity contribution in [1.29, 1.82) is 0 Å². The molecule has 0 spiro atoms. The zero-order valence-corrected chi connectivity index (χ0v) is 37.6. The number of benzene rings is 12. The standard InChI is InChI=1S/C64H36OS2/c1-3-20-42-40(18-1)58(41-19-2-4-21-43(41)60(42)52-30-14-27-49-38-16-9-11-32-56(38)66-63(49)52)37-34-35-55-54(36-37)48-26-13-29-51(62(48)65-55)59-44-22-5-7-24-46(44)61(47-25-8-6-23-45(47)59)53-31-15-28-50-39-17-10-12-33-57(39)67-64(50)53/h1-36H. The van der Waals surface area contributed by atoms with Gasteiger partial charge in [-0.2, -0.15) is 0 Å². The molecule has 0 bridgehead atoms. The van der Waals surface area contributed by atoms with E-state index in [-0.39, 0.29) is 0 Å². The highest BCUT2D eigenvalue weighted by atomic mass is 32.1. The van der Waals surface area contributed by atoms with E-state index in [0.717, 1.165) is 27.5 Å². The van der Waals surface area contributed by atoms with Crippen molar-refractivity contribution in [2.24, 2.45) is 0 Å². The molecule has 0 fully saturated rings. The Hall–Kier alpha value is -8.08. The van der Waals surface area contributed by atoms with Crippen LogP contribution in [0.5, 0.6) is 0 Å². The van der Waals surface area contributed by atoms with Crippen molar-refractivity contribution in [3.05, 3.63) is 218 Å². The van der Waals surface area contributed by atoms with E-state index in [1.807, 2.05) is 22.7 Å². The van der Waals surface area contributed by atoms with Gasteiger partial charge in [-0.05, 0) is 89.6 Å². The second-order valence-electron chi connectivity index (χ2n) is 17.7. The number of rotatable bonds is 4. The molecular weight excluding hydrogens is 849 g/mol. The van der Waals surface area contributed by atoms with Crippen molar-refractivity contribution in [2.45, 2.75) is 0 Å². The number of hydrogen-bond acceptors (Lipinski definition) is 3. The highest BCUT2D eigenvalue weighted by Gasteiger charge is 2.24. The Balaban J connectivity index is 0.956. The maximum atomic E-state index is 7.05. The van der Waals surface area contributed by atoms with Crippen LogP contribution in [-0.2, 0) is 0 Å². The number of furan rings is 1.